The maximum atomic E-state index is 11.8. The Labute approximate surface area is 74.9 Å². The van der Waals surface area contributed by atoms with E-state index in [2.05, 4.69) is 25.3 Å². The van der Waals surface area contributed by atoms with E-state index in [4.69, 9.17) is 0 Å². The summed E-state index contributed by atoms with van der Waals surface area (Å²) in [5.41, 5.74) is 0.298. The minimum Gasteiger partial charge on any atom is -0.448 e. The summed E-state index contributed by atoms with van der Waals surface area (Å²) < 4.78 is 40.1. The predicted molar refractivity (Wildman–Crippen MR) is 38.9 cm³/mol. The minimum atomic E-state index is -4.24. The van der Waals surface area contributed by atoms with Crippen molar-refractivity contribution in [2.75, 3.05) is 0 Å². The Morgan fingerprint density at radius 1 is 1.50 bits per heavy atom. The maximum Gasteiger partial charge on any atom is 0.396 e. The molecule has 0 aliphatic carbocycles. The number of alkyl halides is 4. The smallest absolute Gasteiger partial charge is 0.396 e. The van der Waals surface area contributed by atoms with E-state index in [9.17, 15) is 13.2 Å². The van der Waals surface area contributed by atoms with Crippen LogP contribution in [0.15, 0.2) is 10.8 Å². The van der Waals surface area contributed by atoms with Crippen LogP contribution >= 0.6 is 15.9 Å². The van der Waals surface area contributed by atoms with E-state index in [1.54, 1.807) is 0 Å². The molecule has 68 valence electrons. The second-order valence-corrected chi connectivity index (χ2v) is 2.71. The number of oxazole rings is 1. The summed E-state index contributed by atoms with van der Waals surface area (Å²) in [5.74, 6) is -0.126. The van der Waals surface area contributed by atoms with Gasteiger partial charge in [-0.25, -0.2) is 4.98 Å². The summed E-state index contributed by atoms with van der Waals surface area (Å²) in [6, 6.07) is 0. The van der Waals surface area contributed by atoms with Gasteiger partial charge in [0.25, 0.3) is 0 Å². The fourth-order valence-corrected chi connectivity index (χ4v) is 1.19. The first-order valence-corrected chi connectivity index (χ1v) is 4.19. The van der Waals surface area contributed by atoms with Crippen molar-refractivity contribution in [2.45, 2.75) is 17.9 Å². The fourth-order valence-electron chi connectivity index (χ4n) is 0.728. The van der Waals surface area contributed by atoms with Gasteiger partial charge in [-0.2, -0.15) is 13.2 Å². The molecule has 1 rings (SSSR count). The molecule has 0 fully saturated rings. The fraction of sp³-hybridized carbons (Fsp3) is 0.500. The van der Waals surface area contributed by atoms with E-state index in [0.29, 0.717) is 5.69 Å². The molecule has 0 spiro atoms. The highest BCUT2D eigenvalue weighted by atomic mass is 79.9. The summed E-state index contributed by atoms with van der Waals surface area (Å²) in [5, 5.41) is 0.273. The standard InChI is InChI=1S/C6H5BrF3NO/c7-2-4-5(12-3-11-4)1-6(8,9)10/h3H,1-2H2. The molecule has 1 aromatic rings. The molecule has 0 N–H and O–H groups in total. The van der Waals surface area contributed by atoms with Gasteiger partial charge in [0.15, 0.2) is 6.39 Å². The molecule has 12 heavy (non-hydrogen) atoms. The van der Waals surface area contributed by atoms with E-state index in [1.807, 2.05) is 0 Å². The lowest BCUT2D eigenvalue weighted by atomic mass is 10.3. The number of hydrogen-bond donors (Lipinski definition) is 0. The van der Waals surface area contributed by atoms with Gasteiger partial charge in [-0.05, 0) is 0 Å². The van der Waals surface area contributed by atoms with Gasteiger partial charge in [0.2, 0.25) is 0 Å². The van der Waals surface area contributed by atoms with Crippen molar-refractivity contribution in [3.05, 3.63) is 17.8 Å². The molecule has 1 aromatic heterocycles. The Bertz CT molecular complexity index is 258. The SMILES string of the molecule is FC(F)(F)Cc1ocnc1CBr. The van der Waals surface area contributed by atoms with Gasteiger partial charge in [-0.1, -0.05) is 15.9 Å². The van der Waals surface area contributed by atoms with Crippen LogP contribution in [-0.4, -0.2) is 11.2 Å². The van der Waals surface area contributed by atoms with Crippen LogP contribution in [0.3, 0.4) is 0 Å². The van der Waals surface area contributed by atoms with E-state index in [1.165, 1.54) is 0 Å². The summed E-state index contributed by atoms with van der Waals surface area (Å²) in [7, 11) is 0. The van der Waals surface area contributed by atoms with Crippen LogP contribution in [0.2, 0.25) is 0 Å². The average Bonchev–Trinajstić information content (AvgIpc) is 2.31. The van der Waals surface area contributed by atoms with Crippen LogP contribution in [0.1, 0.15) is 11.5 Å². The maximum absolute atomic E-state index is 11.8. The van der Waals surface area contributed by atoms with Gasteiger partial charge in [-0.3, -0.25) is 0 Å². The number of nitrogens with zero attached hydrogens (tertiary/aromatic N) is 1. The molecule has 1 heterocycles. The molecule has 0 amide bonds. The topological polar surface area (TPSA) is 26.0 Å². The van der Waals surface area contributed by atoms with Gasteiger partial charge >= 0.3 is 6.18 Å². The van der Waals surface area contributed by atoms with Crippen molar-refractivity contribution in [1.82, 2.24) is 4.98 Å². The first kappa shape index (κ1) is 9.57. The highest BCUT2D eigenvalue weighted by molar-refractivity contribution is 9.08. The molecule has 0 aliphatic heterocycles. The Kier molecular flexibility index (Phi) is 2.76. The van der Waals surface area contributed by atoms with Crippen LogP contribution < -0.4 is 0 Å². The predicted octanol–water partition coefficient (Wildman–Crippen LogP) is 2.67. The molecule has 2 nitrogen and oxygen atoms in total. The van der Waals surface area contributed by atoms with Gasteiger partial charge in [-0.15, -0.1) is 0 Å². The second kappa shape index (κ2) is 3.47. The first-order valence-electron chi connectivity index (χ1n) is 3.07. The van der Waals surface area contributed by atoms with Crippen LogP contribution in [0.5, 0.6) is 0 Å². The van der Waals surface area contributed by atoms with Crippen LogP contribution in [-0.2, 0) is 11.8 Å². The van der Waals surface area contributed by atoms with E-state index in [-0.39, 0.29) is 11.1 Å². The monoisotopic (exact) mass is 243 g/mol. The Hall–Kier alpha value is -0.520. The Morgan fingerprint density at radius 2 is 2.17 bits per heavy atom. The van der Waals surface area contributed by atoms with Gasteiger partial charge in [0, 0.05) is 5.33 Å². The number of halogens is 4. The largest absolute Gasteiger partial charge is 0.448 e. The summed E-state index contributed by atoms with van der Waals surface area (Å²) in [4.78, 5) is 3.61. The zero-order valence-electron chi connectivity index (χ0n) is 5.86. The third-order valence-electron chi connectivity index (χ3n) is 1.21. The van der Waals surface area contributed by atoms with Crippen LogP contribution in [0.25, 0.3) is 0 Å². The quantitative estimate of drug-likeness (QED) is 0.747. The van der Waals surface area contributed by atoms with E-state index < -0.39 is 12.6 Å². The molecular weight excluding hydrogens is 239 g/mol. The molecule has 0 aliphatic rings. The highest BCUT2D eigenvalue weighted by Gasteiger charge is 2.30. The van der Waals surface area contributed by atoms with Crippen LogP contribution in [0.4, 0.5) is 13.2 Å². The number of hydrogen-bond acceptors (Lipinski definition) is 2. The van der Waals surface area contributed by atoms with Crippen molar-refractivity contribution in [3.8, 4) is 0 Å². The van der Waals surface area contributed by atoms with Gasteiger partial charge < -0.3 is 4.42 Å². The molecule has 0 atom stereocenters. The summed E-state index contributed by atoms with van der Waals surface area (Å²) >= 11 is 3.01. The Morgan fingerprint density at radius 3 is 2.67 bits per heavy atom. The lowest BCUT2D eigenvalue weighted by molar-refractivity contribution is -0.130. The van der Waals surface area contributed by atoms with Crippen molar-refractivity contribution < 1.29 is 17.6 Å². The summed E-state index contributed by atoms with van der Waals surface area (Å²) in [6.07, 6.45) is -4.29. The van der Waals surface area contributed by atoms with E-state index >= 15 is 0 Å². The molecule has 0 radical (unpaired) electrons. The van der Waals surface area contributed by atoms with Crippen molar-refractivity contribution in [2.24, 2.45) is 0 Å². The van der Waals surface area contributed by atoms with Crippen LogP contribution in [0, 0.1) is 0 Å². The first-order chi connectivity index (χ1) is 5.53. The lowest BCUT2D eigenvalue weighted by Gasteiger charge is -2.03. The zero-order valence-corrected chi connectivity index (χ0v) is 7.44. The van der Waals surface area contributed by atoms with Crippen molar-refractivity contribution in [3.63, 3.8) is 0 Å². The van der Waals surface area contributed by atoms with Gasteiger partial charge in [0.1, 0.15) is 12.2 Å². The minimum absolute atomic E-state index is 0.126. The molecule has 6 heteroatoms. The molecule has 0 saturated heterocycles. The van der Waals surface area contributed by atoms with E-state index in [0.717, 1.165) is 6.39 Å². The van der Waals surface area contributed by atoms with Gasteiger partial charge in [0.05, 0.1) is 5.69 Å². The van der Waals surface area contributed by atoms with Crippen molar-refractivity contribution in [1.29, 1.82) is 0 Å². The third kappa shape index (κ3) is 2.51. The molecule has 0 unspecified atom stereocenters. The molecule has 0 bridgehead atoms. The normalized spacial score (nSPS) is 12.0. The Balaban J connectivity index is 2.75. The number of rotatable bonds is 2. The second-order valence-electron chi connectivity index (χ2n) is 2.15. The highest BCUT2D eigenvalue weighted by Crippen LogP contribution is 2.23. The average molecular weight is 244 g/mol. The zero-order chi connectivity index (χ0) is 9.19. The van der Waals surface area contributed by atoms with Crippen molar-refractivity contribution >= 4 is 15.9 Å². The lowest BCUT2D eigenvalue weighted by Crippen LogP contribution is -2.12. The molecular formula is C6H5BrF3NO. The third-order valence-corrected chi connectivity index (χ3v) is 1.74. The summed E-state index contributed by atoms with van der Waals surface area (Å²) in [6.45, 7) is 0. The molecule has 0 aromatic carbocycles. The number of aromatic nitrogens is 1. The molecule has 0 saturated carbocycles.